The molecule has 1 aromatic heterocycles. The average Bonchev–Trinajstić information content (AvgIpc) is 3.04. The zero-order valence-corrected chi connectivity index (χ0v) is 15.9. The van der Waals surface area contributed by atoms with E-state index in [4.69, 9.17) is 0 Å². The van der Waals surface area contributed by atoms with Gasteiger partial charge in [-0.2, -0.15) is 0 Å². The average molecular weight is 358 g/mol. The van der Waals surface area contributed by atoms with Crippen molar-refractivity contribution in [2.24, 2.45) is 5.92 Å². The smallest absolute Gasteiger partial charge is 0.254 e. The van der Waals surface area contributed by atoms with Gasteiger partial charge in [0.1, 0.15) is 5.82 Å². The van der Waals surface area contributed by atoms with Crippen LogP contribution >= 0.6 is 0 Å². The Kier molecular flexibility index (Phi) is 6.12. The van der Waals surface area contributed by atoms with Crippen molar-refractivity contribution in [1.29, 1.82) is 0 Å². The predicted molar refractivity (Wildman–Crippen MR) is 102 cm³/mol. The van der Waals surface area contributed by atoms with E-state index in [1.54, 1.807) is 13.1 Å². The Morgan fingerprint density at radius 3 is 2.69 bits per heavy atom. The first-order chi connectivity index (χ1) is 12.6. The normalized spacial score (nSPS) is 23.2. The fourth-order valence-corrected chi connectivity index (χ4v) is 4.15. The van der Waals surface area contributed by atoms with E-state index in [0.29, 0.717) is 11.5 Å². The molecule has 2 atom stereocenters. The van der Waals surface area contributed by atoms with E-state index < -0.39 is 0 Å². The number of piperidine rings is 1. The molecule has 1 N–H and O–H groups in total. The molecule has 2 unspecified atom stereocenters. The number of hydrogen-bond acceptors (Lipinski definition) is 4. The Labute approximate surface area is 156 Å². The lowest BCUT2D eigenvalue weighted by atomic mass is 9.98. The summed E-state index contributed by atoms with van der Waals surface area (Å²) in [6.45, 7) is 7.06. The van der Waals surface area contributed by atoms with Crippen LogP contribution < -0.4 is 10.2 Å². The quantitative estimate of drug-likeness (QED) is 0.878. The Bertz CT molecular complexity index is 642. The summed E-state index contributed by atoms with van der Waals surface area (Å²) in [5.74, 6) is 1.38. The third-order valence-corrected chi connectivity index (χ3v) is 5.45. The van der Waals surface area contributed by atoms with Crippen molar-refractivity contribution in [3.8, 4) is 0 Å². The zero-order chi connectivity index (χ0) is 18.5. The molecular weight excluding hydrogens is 328 g/mol. The van der Waals surface area contributed by atoms with Crippen LogP contribution in [-0.2, 0) is 4.79 Å². The molecular formula is C20H30N4O2. The summed E-state index contributed by atoms with van der Waals surface area (Å²) >= 11 is 0. The second-order valence-corrected chi connectivity index (χ2v) is 7.52. The highest BCUT2D eigenvalue weighted by Crippen LogP contribution is 2.26. The van der Waals surface area contributed by atoms with Gasteiger partial charge in [-0.25, -0.2) is 4.98 Å². The molecule has 142 valence electrons. The maximum absolute atomic E-state index is 12.8. The van der Waals surface area contributed by atoms with Crippen LogP contribution in [0.25, 0.3) is 0 Å². The fraction of sp³-hybridized carbons (Fsp3) is 0.650. The van der Waals surface area contributed by atoms with Gasteiger partial charge < -0.3 is 15.1 Å². The number of amides is 2. The Balaban J connectivity index is 1.73. The molecule has 0 aliphatic carbocycles. The first kappa shape index (κ1) is 18.7. The van der Waals surface area contributed by atoms with Gasteiger partial charge in [-0.05, 0) is 43.7 Å². The first-order valence-electron chi connectivity index (χ1n) is 9.86. The number of pyridine rings is 1. The van der Waals surface area contributed by atoms with Crippen LogP contribution in [0.2, 0.25) is 0 Å². The molecule has 2 aliphatic heterocycles. The second-order valence-electron chi connectivity index (χ2n) is 7.52. The fourth-order valence-electron chi connectivity index (χ4n) is 4.15. The SMILES string of the molecule is CCCC1CN(c2cc(C(=O)N3CCCCC3)ccn2)CC1NC(C)=O. The van der Waals surface area contributed by atoms with E-state index in [9.17, 15) is 9.59 Å². The number of nitrogens with one attached hydrogen (secondary N) is 1. The molecule has 0 radical (unpaired) electrons. The van der Waals surface area contributed by atoms with Crippen molar-refractivity contribution < 1.29 is 9.59 Å². The van der Waals surface area contributed by atoms with Gasteiger partial charge >= 0.3 is 0 Å². The van der Waals surface area contributed by atoms with Gasteiger partial charge in [0.25, 0.3) is 5.91 Å². The number of hydrogen-bond donors (Lipinski definition) is 1. The van der Waals surface area contributed by atoms with Gasteiger partial charge in [0.15, 0.2) is 0 Å². The third kappa shape index (κ3) is 4.34. The minimum atomic E-state index is 0.0138. The Morgan fingerprint density at radius 1 is 1.23 bits per heavy atom. The van der Waals surface area contributed by atoms with Crippen LogP contribution in [-0.4, -0.2) is 53.9 Å². The molecule has 6 heteroatoms. The van der Waals surface area contributed by atoms with Crippen molar-refractivity contribution in [3.63, 3.8) is 0 Å². The zero-order valence-electron chi connectivity index (χ0n) is 15.9. The molecule has 0 saturated carbocycles. The molecule has 2 fully saturated rings. The molecule has 1 aromatic rings. The van der Waals surface area contributed by atoms with E-state index in [0.717, 1.165) is 57.7 Å². The molecule has 0 aromatic carbocycles. The van der Waals surface area contributed by atoms with Crippen molar-refractivity contribution >= 4 is 17.6 Å². The minimum Gasteiger partial charge on any atom is -0.354 e. The molecule has 3 heterocycles. The Hall–Kier alpha value is -2.11. The molecule has 3 rings (SSSR count). The Morgan fingerprint density at radius 2 is 2.00 bits per heavy atom. The van der Waals surface area contributed by atoms with E-state index >= 15 is 0 Å². The summed E-state index contributed by atoms with van der Waals surface area (Å²) in [7, 11) is 0. The van der Waals surface area contributed by atoms with E-state index in [1.165, 1.54) is 6.42 Å². The number of anilines is 1. The molecule has 2 aliphatic rings. The van der Waals surface area contributed by atoms with Crippen LogP contribution in [0.3, 0.4) is 0 Å². The maximum atomic E-state index is 12.8. The summed E-state index contributed by atoms with van der Waals surface area (Å²) in [5.41, 5.74) is 0.715. The van der Waals surface area contributed by atoms with Gasteiger partial charge in [-0.15, -0.1) is 0 Å². The molecule has 2 saturated heterocycles. The molecule has 0 spiro atoms. The highest BCUT2D eigenvalue weighted by atomic mass is 16.2. The van der Waals surface area contributed by atoms with Crippen LogP contribution in [0.4, 0.5) is 5.82 Å². The van der Waals surface area contributed by atoms with Crippen LogP contribution in [0.1, 0.15) is 56.3 Å². The summed E-state index contributed by atoms with van der Waals surface area (Å²) in [4.78, 5) is 32.9. The topological polar surface area (TPSA) is 65.5 Å². The lowest BCUT2D eigenvalue weighted by Crippen LogP contribution is -2.39. The molecule has 0 bridgehead atoms. The summed E-state index contributed by atoms with van der Waals surface area (Å²) in [5, 5.41) is 3.08. The number of aromatic nitrogens is 1. The van der Waals surface area contributed by atoms with E-state index in [1.807, 2.05) is 17.0 Å². The van der Waals surface area contributed by atoms with Crippen LogP contribution in [0.5, 0.6) is 0 Å². The van der Waals surface area contributed by atoms with Gasteiger partial charge in [0.05, 0.1) is 6.04 Å². The number of likely N-dealkylation sites (tertiary alicyclic amines) is 1. The van der Waals surface area contributed by atoms with E-state index in [2.05, 4.69) is 22.1 Å². The van der Waals surface area contributed by atoms with Crippen molar-refractivity contribution in [2.75, 3.05) is 31.1 Å². The number of carbonyl (C=O) groups excluding carboxylic acids is 2. The number of nitrogens with zero attached hydrogens (tertiary/aromatic N) is 3. The number of carbonyl (C=O) groups is 2. The standard InChI is InChI=1S/C20H30N4O2/c1-3-7-17-13-24(14-18(17)22-15(2)25)19-12-16(8-9-21-19)20(26)23-10-5-4-6-11-23/h8-9,12,17-18H,3-7,10-11,13-14H2,1-2H3,(H,22,25). The van der Waals surface area contributed by atoms with Gasteiger partial charge in [-0.1, -0.05) is 13.3 Å². The van der Waals surface area contributed by atoms with Crippen LogP contribution in [0.15, 0.2) is 18.3 Å². The molecule has 26 heavy (non-hydrogen) atoms. The van der Waals surface area contributed by atoms with Gasteiger partial charge in [0.2, 0.25) is 5.91 Å². The summed E-state index contributed by atoms with van der Waals surface area (Å²) in [6.07, 6.45) is 7.29. The molecule has 2 amide bonds. The lowest BCUT2D eigenvalue weighted by Gasteiger charge is -2.27. The summed E-state index contributed by atoms with van der Waals surface area (Å²) < 4.78 is 0. The van der Waals surface area contributed by atoms with Crippen molar-refractivity contribution in [1.82, 2.24) is 15.2 Å². The number of rotatable bonds is 5. The lowest BCUT2D eigenvalue weighted by molar-refractivity contribution is -0.119. The molecule has 6 nitrogen and oxygen atoms in total. The van der Waals surface area contributed by atoms with Crippen LogP contribution in [0, 0.1) is 5.92 Å². The van der Waals surface area contributed by atoms with Gasteiger partial charge in [-0.3, -0.25) is 9.59 Å². The monoisotopic (exact) mass is 358 g/mol. The minimum absolute atomic E-state index is 0.0138. The summed E-state index contributed by atoms with van der Waals surface area (Å²) in [6, 6.07) is 3.87. The first-order valence-corrected chi connectivity index (χ1v) is 9.86. The highest BCUT2D eigenvalue weighted by Gasteiger charge is 2.33. The third-order valence-electron chi connectivity index (χ3n) is 5.45. The maximum Gasteiger partial charge on any atom is 0.254 e. The second kappa shape index (κ2) is 8.52. The predicted octanol–water partition coefficient (Wildman–Crippen LogP) is 2.45. The highest BCUT2D eigenvalue weighted by molar-refractivity contribution is 5.95. The van der Waals surface area contributed by atoms with Crippen molar-refractivity contribution in [2.45, 2.75) is 52.0 Å². The largest absolute Gasteiger partial charge is 0.354 e. The van der Waals surface area contributed by atoms with E-state index in [-0.39, 0.29) is 17.9 Å². The van der Waals surface area contributed by atoms with Crippen molar-refractivity contribution in [3.05, 3.63) is 23.9 Å². The van der Waals surface area contributed by atoms with Gasteiger partial charge in [0, 0.05) is 44.9 Å².